The highest BCUT2D eigenvalue weighted by Gasteiger charge is 2.50. The Morgan fingerprint density at radius 2 is 1.76 bits per heavy atom. The van der Waals surface area contributed by atoms with Crippen LogP contribution in [0.25, 0.3) is 11.2 Å². The van der Waals surface area contributed by atoms with Gasteiger partial charge in [0.1, 0.15) is 17.1 Å². The third-order valence-corrected chi connectivity index (χ3v) is 8.04. The summed E-state index contributed by atoms with van der Waals surface area (Å²) in [5.41, 5.74) is 0.868. The summed E-state index contributed by atoms with van der Waals surface area (Å²) in [4.78, 5) is 34.5. The molecule has 3 aliphatic carbocycles. The number of aromatic amines is 1. The second kappa shape index (κ2) is 8.63. The zero-order valence-corrected chi connectivity index (χ0v) is 19.8. The summed E-state index contributed by atoms with van der Waals surface area (Å²) in [6.45, 7) is 6.80. The summed E-state index contributed by atoms with van der Waals surface area (Å²) in [5, 5.41) is 3.60. The molecule has 0 unspecified atom stereocenters. The first-order chi connectivity index (χ1) is 16.0. The van der Waals surface area contributed by atoms with Gasteiger partial charge in [-0.2, -0.15) is 0 Å². The molecule has 178 valence electrons. The molecule has 0 spiro atoms. The number of nitrogens with one attached hydrogen (secondary N) is 2. The molecule has 3 aromatic heterocycles. The lowest BCUT2D eigenvalue weighted by atomic mass is 9.53. The smallest absolute Gasteiger partial charge is 0.332 e. The maximum Gasteiger partial charge on any atom is 0.332 e. The fourth-order valence-electron chi connectivity index (χ4n) is 6.01. The number of aryl methyl sites for hydroxylation is 1. The fraction of sp³-hybridized carbons (Fsp3) is 0.640. The molecule has 2 bridgehead atoms. The highest BCUT2D eigenvalue weighted by Crippen LogP contribution is 2.57. The first kappa shape index (κ1) is 22.2. The first-order valence-corrected chi connectivity index (χ1v) is 12.5. The van der Waals surface area contributed by atoms with Gasteiger partial charge in [-0.1, -0.05) is 13.8 Å². The lowest BCUT2D eigenvalue weighted by Gasteiger charge is -2.52. The molecule has 0 saturated heterocycles. The van der Waals surface area contributed by atoms with Gasteiger partial charge in [-0.3, -0.25) is 13.9 Å². The van der Waals surface area contributed by atoms with Gasteiger partial charge in [0.05, 0.1) is 12.8 Å². The van der Waals surface area contributed by atoms with Crippen molar-refractivity contribution in [2.75, 3.05) is 6.54 Å². The molecule has 6 rings (SSSR count). The first-order valence-electron chi connectivity index (χ1n) is 12.5. The predicted octanol–water partition coefficient (Wildman–Crippen LogP) is 3.68. The van der Waals surface area contributed by atoms with E-state index < -0.39 is 0 Å². The van der Waals surface area contributed by atoms with E-state index in [4.69, 9.17) is 9.40 Å². The van der Waals surface area contributed by atoms with Crippen LogP contribution in [0.2, 0.25) is 0 Å². The fourth-order valence-corrected chi connectivity index (χ4v) is 6.01. The summed E-state index contributed by atoms with van der Waals surface area (Å²) in [6, 6.07) is 3.93. The highest BCUT2D eigenvalue weighted by molar-refractivity contribution is 5.70. The monoisotopic (exact) mass is 453 g/mol. The number of nitrogens with zero attached hydrogens (tertiary/aromatic N) is 3. The number of hydrogen-bond donors (Lipinski definition) is 2. The van der Waals surface area contributed by atoms with Gasteiger partial charge in [-0.05, 0) is 68.9 Å². The van der Waals surface area contributed by atoms with E-state index in [1.807, 2.05) is 26.0 Å². The van der Waals surface area contributed by atoms with E-state index in [1.54, 1.807) is 10.8 Å². The molecule has 0 aromatic carbocycles. The van der Waals surface area contributed by atoms with Crippen molar-refractivity contribution in [3.63, 3.8) is 0 Å². The second-order valence-electron chi connectivity index (χ2n) is 10.1. The minimum Gasteiger partial charge on any atom is -0.468 e. The van der Waals surface area contributed by atoms with Crippen LogP contribution in [0.1, 0.15) is 76.8 Å². The topological polar surface area (TPSA) is 97.8 Å². The number of rotatable bonds is 9. The van der Waals surface area contributed by atoms with Crippen molar-refractivity contribution in [2.45, 2.75) is 90.3 Å². The zero-order chi connectivity index (χ0) is 23.1. The lowest BCUT2D eigenvalue weighted by molar-refractivity contribution is 0.0355. The number of furan rings is 1. The van der Waals surface area contributed by atoms with Crippen LogP contribution >= 0.6 is 0 Å². The van der Waals surface area contributed by atoms with Gasteiger partial charge in [-0.25, -0.2) is 9.78 Å². The molecular weight excluding hydrogens is 418 g/mol. The molecule has 2 N–H and O–H groups in total. The van der Waals surface area contributed by atoms with Crippen LogP contribution in [-0.4, -0.2) is 25.6 Å². The number of fused-ring (bicyclic) bond motifs is 4. The molecule has 0 radical (unpaired) electrons. The third-order valence-electron chi connectivity index (χ3n) is 8.04. The Labute approximate surface area is 193 Å². The maximum absolute atomic E-state index is 13.1. The summed E-state index contributed by atoms with van der Waals surface area (Å²) in [5.74, 6) is 1.88. The molecule has 3 saturated carbocycles. The third kappa shape index (κ3) is 3.78. The molecule has 3 aliphatic rings. The van der Waals surface area contributed by atoms with Gasteiger partial charge < -0.3 is 14.7 Å². The number of H-pyrrole nitrogens is 1. The van der Waals surface area contributed by atoms with E-state index in [-0.39, 0.29) is 16.7 Å². The summed E-state index contributed by atoms with van der Waals surface area (Å²) in [7, 11) is 0. The Morgan fingerprint density at radius 1 is 1.06 bits per heavy atom. The molecular formula is C25H35N5O3. The van der Waals surface area contributed by atoms with Gasteiger partial charge in [0.15, 0.2) is 5.65 Å². The number of hydrogen-bond acceptors (Lipinski definition) is 5. The van der Waals surface area contributed by atoms with Gasteiger partial charge in [0.2, 0.25) is 0 Å². The van der Waals surface area contributed by atoms with E-state index in [1.165, 1.54) is 4.57 Å². The molecule has 33 heavy (non-hydrogen) atoms. The average Bonchev–Trinajstić information content (AvgIpc) is 3.52. The number of aromatic nitrogens is 4. The molecule has 8 heteroatoms. The van der Waals surface area contributed by atoms with Crippen molar-refractivity contribution in [1.82, 2.24) is 24.4 Å². The van der Waals surface area contributed by atoms with Crippen molar-refractivity contribution in [3.05, 3.63) is 50.8 Å². The molecule has 0 atom stereocenters. The van der Waals surface area contributed by atoms with Crippen molar-refractivity contribution < 1.29 is 4.42 Å². The minimum atomic E-state index is -0.235. The van der Waals surface area contributed by atoms with Gasteiger partial charge >= 0.3 is 5.69 Å². The second-order valence-corrected chi connectivity index (χ2v) is 10.1. The van der Waals surface area contributed by atoms with Gasteiger partial charge in [0, 0.05) is 25.0 Å². The largest absolute Gasteiger partial charge is 0.468 e. The van der Waals surface area contributed by atoms with E-state index in [0.29, 0.717) is 29.7 Å². The van der Waals surface area contributed by atoms with Crippen molar-refractivity contribution in [1.29, 1.82) is 0 Å². The number of imidazole rings is 1. The van der Waals surface area contributed by atoms with Crippen LogP contribution in [0.3, 0.4) is 0 Å². The molecule has 0 amide bonds. The van der Waals surface area contributed by atoms with E-state index in [9.17, 15) is 9.59 Å². The van der Waals surface area contributed by atoms with E-state index >= 15 is 0 Å². The predicted molar refractivity (Wildman–Crippen MR) is 127 cm³/mol. The molecule has 8 nitrogen and oxygen atoms in total. The summed E-state index contributed by atoms with van der Waals surface area (Å²) >= 11 is 0. The normalized spacial score (nSPS) is 24.7. The zero-order valence-electron chi connectivity index (χ0n) is 19.8. The maximum atomic E-state index is 13.1. The van der Waals surface area contributed by atoms with Gasteiger partial charge in [-0.15, -0.1) is 0 Å². The summed E-state index contributed by atoms with van der Waals surface area (Å²) in [6.07, 6.45) is 9.93. The van der Waals surface area contributed by atoms with Crippen LogP contribution < -0.4 is 16.6 Å². The van der Waals surface area contributed by atoms with Crippen LogP contribution in [-0.2, 0) is 25.0 Å². The van der Waals surface area contributed by atoms with Crippen LogP contribution in [0.15, 0.2) is 32.4 Å². The van der Waals surface area contributed by atoms with Crippen LogP contribution in [0.4, 0.5) is 0 Å². The SMILES string of the molecule is CCCn1c(=O)c2[nH]c(C34CCC(CNCc5ccco5)(CC3)CC4)nc2n(CCC)c1=O. The van der Waals surface area contributed by atoms with Crippen LogP contribution in [0, 0.1) is 5.41 Å². The Balaban J connectivity index is 1.40. The standard InChI is InChI=1S/C25H35N5O3/c1-3-13-29-20-19(21(31)30(14-4-2)23(29)32)27-22(28-20)25-10-7-24(8-11-25,9-12-25)17-26-16-18-6-5-15-33-18/h5-6,15,26H,3-4,7-14,16-17H2,1-2H3,(H,27,28). The van der Waals surface area contributed by atoms with Gasteiger partial charge in [0.25, 0.3) is 5.56 Å². The van der Waals surface area contributed by atoms with Crippen molar-refractivity contribution >= 4 is 11.2 Å². The van der Waals surface area contributed by atoms with E-state index in [0.717, 1.165) is 76.0 Å². The molecule has 3 heterocycles. The molecule has 0 aliphatic heterocycles. The quantitative estimate of drug-likeness (QED) is 0.515. The molecule has 3 aromatic rings. The minimum absolute atomic E-state index is 0.0170. The summed E-state index contributed by atoms with van der Waals surface area (Å²) < 4.78 is 8.51. The van der Waals surface area contributed by atoms with Crippen molar-refractivity contribution in [3.8, 4) is 0 Å². The van der Waals surface area contributed by atoms with Crippen molar-refractivity contribution in [2.24, 2.45) is 5.41 Å². The Hall–Kier alpha value is -2.61. The Bertz CT molecular complexity index is 1210. The van der Waals surface area contributed by atoms with E-state index in [2.05, 4.69) is 10.3 Å². The average molecular weight is 454 g/mol. The highest BCUT2D eigenvalue weighted by atomic mass is 16.3. The molecule has 3 fully saturated rings. The lowest BCUT2D eigenvalue weighted by Crippen LogP contribution is -2.48. The Kier molecular flexibility index (Phi) is 5.80. The Morgan fingerprint density at radius 3 is 2.39 bits per heavy atom. The van der Waals surface area contributed by atoms with Crippen LogP contribution in [0.5, 0.6) is 0 Å².